The van der Waals surface area contributed by atoms with Gasteiger partial charge in [0.15, 0.2) is 5.78 Å². The lowest BCUT2D eigenvalue weighted by atomic mass is 9.76. The van der Waals surface area contributed by atoms with E-state index in [1.165, 1.54) is 19.2 Å². The van der Waals surface area contributed by atoms with Crippen LogP contribution in [-0.4, -0.2) is 26.0 Å². The minimum absolute atomic E-state index is 0.130. The quantitative estimate of drug-likeness (QED) is 0.838. The topological polar surface area (TPSA) is 38.3 Å². The number of hydrogen-bond acceptors (Lipinski definition) is 3. The maximum Gasteiger partial charge on any atom is 0.172 e. The van der Waals surface area contributed by atoms with Crippen LogP contribution in [-0.2, 0) is 0 Å². The molecule has 1 atom stereocenters. The predicted octanol–water partition coefficient (Wildman–Crippen LogP) is 2.41. The summed E-state index contributed by atoms with van der Waals surface area (Å²) >= 11 is 0. The Morgan fingerprint density at radius 2 is 2.28 bits per heavy atom. The lowest BCUT2D eigenvalue weighted by molar-refractivity contribution is 0.0768. The normalized spacial score (nSPS) is 23.7. The standard InChI is InChI=1S/C14H18FNO2/c1-14(6-3-7-16-9-14)13(17)11-5-4-10(18-2)8-12(11)15/h4-5,8,16H,3,6-7,9H2,1-2H3. The summed E-state index contributed by atoms with van der Waals surface area (Å²) in [6.45, 7) is 3.43. The molecule has 1 aliphatic rings. The molecule has 1 unspecified atom stereocenters. The molecule has 4 heteroatoms. The second-order valence-corrected chi connectivity index (χ2v) is 5.02. The second kappa shape index (κ2) is 5.06. The van der Waals surface area contributed by atoms with Gasteiger partial charge in [0.05, 0.1) is 12.7 Å². The molecule has 98 valence electrons. The van der Waals surface area contributed by atoms with Gasteiger partial charge in [-0.3, -0.25) is 4.79 Å². The van der Waals surface area contributed by atoms with Crippen molar-refractivity contribution in [3.8, 4) is 5.75 Å². The number of ether oxygens (including phenoxy) is 1. The van der Waals surface area contributed by atoms with Crippen molar-refractivity contribution in [2.24, 2.45) is 5.41 Å². The van der Waals surface area contributed by atoms with E-state index < -0.39 is 11.2 Å². The highest BCUT2D eigenvalue weighted by molar-refractivity contribution is 6.00. The summed E-state index contributed by atoms with van der Waals surface area (Å²) < 4.78 is 18.8. The zero-order valence-electron chi connectivity index (χ0n) is 10.8. The third-order valence-electron chi connectivity index (χ3n) is 3.57. The van der Waals surface area contributed by atoms with Crippen molar-refractivity contribution in [3.05, 3.63) is 29.6 Å². The second-order valence-electron chi connectivity index (χ2n) is 5.02. The lowest BCUT2D eigenvalue weighted by Crippen LogP contribution is -2.43. The maximum atomic E-state index is 13.9. The highest BCUT2D eigenvalue weighted by Gasteiger charge is 2.36. The average molecular weight is 251 g/mol. The van der Waals surface area contributed by atoms with E-state index in [9.17, 15) is 9.18 Å². The highest BCUT2D eigenvalue weighted by atomic mass is 19.1. The van der Waals surface area contributed by atoms with Crippen LogP contribution >= 0.6 is 0 Å². The largest absolute Gasteiger partial charge is 0.497 e. The van der Waals surface area contributed by atoms with Crippen molar-refractivity contribution in [3.63, 3.8) is 0 Å². The fourth-order valence-electron chi connectivity index (χ4n) is 2.38. The Balaban J connectivity index is 2.28. The van der Waals surface area contributed by atoms with Crippen LogP contribution in [0.5, 0.6) is 5.75 Å². The van der Waals surface area contributed by atoms with Crippen LogP contribution in [0.2, 0.25) is 0 Å². The molecule has 0 bridgehead atoms. The van der Waals surface area contributed by atoms with Crippen LogP contribution in [0.1, 0.15) is 30.1 Å². The van der Waals surface area contributed by atoms with Gasteiger partial charge in [-0.25, -0.2) is 4.39 Å². The summed E-state index contributed by atoms with van der Waals surface area (Å²) in [6.07, 6.45) is 1.74. The van der Waals surface area contributed by atoms with E-state index in [-0.39, 0.29) is 11.3 Å². The number of rotatable bonds is 3. The summed E-state index contributed by atoms with van der Waals surface area (Å²) in [5.41, 5.74) is -0.352. The molecule has 1 fully saturated rings. The summed E-state index contributed by atoms with van der Waals surface area (Å²) in [4.78, 5) is 12.4. The molecule has 0 radical (unpaired) electrons. The van der Waals surface area contributed by atoms with Crippen molar-refractivity contribution in [1.29, 1.82) is 0 Å². The zero-order chi connectivity index (χ0) is 13.2. The molecule has 1 aromatic rings. The zero-order valence-corrected chi connectivity index (χ0v) is 10.8. The van der Waals surface area contributed by atoms with Gasteiger partial charge in [-0.2, -0.15) is 0 Å². The highest BCUT2D eigenvalue weighted by Crippen LogP contribution is 2.31. The molecule has 1 aliphatic heterocycles. The molecule has 1 aromatic carbocycles. The molecule has 0 saturated carbocycles. The van der Waals surface area contributed by atoms with E-state index in [1.807, 2.05) is 6.92 Å². The number of piperidine rings is 1. The molecule has 1 N–H and O–H groups in total. The Morgan fingerprint density at radius 1 is 1.50 bits per heavy atom. The van der Waals surface area contributed by atoms with Crippen LogP contribution in [0.15, 0.2) is 18.2 Å². The van der Waals surface area contributed by atoms with Crippen LogP contribution in [0.3, 0.4) is 0 Å². The molecular weight excluding hydrogens is 233 g/mol. The SMILES string of the molecule is COc1ccc(C(=O)C2(C)CCCNC2)c(F)c1. The first-order valence-electron chi connectivity index (χ1n) is 6.16. The van der Waals surface area contributed by atoms with Gasteiger partial charge in [0, 0.05) is 18.0 Å². The first-order chi connectivity index (χ1) is 8.57. The van der Waals surface area contributed by atoms with Crippen molar-refractivity contribution in [2.75, 3.05) is 20.2 Å². The van der Waals surface area contributed by atoms with Crippen LogP contribution in [0.25, 0.3) is 0 Å². The molecule has 1 heterocycles. The van der Waals surface area contributed by atoms with Gasteiger partial charge in [-0.15, -0.1) is 0 Å². The number of ketones is 1. The smallest absolute Gasteiger partial charge is 0.172 e. The number of methoxy groups -OCH3 is 1. The third kappa shape index (κ3) is 2.38. The molecule has 0 aromatic heterocycles. The van der Waals surface area contributed by atoms with Gasteiger partial charge in [0.1, 0.15) is 11.6 Å². The summed E-state index contributed by atoms with van der Waals surface area (Å²) in [5, 5.41) is 3.20. The maximum absolute atomic E-state index is 13.9. The third-order valence-corrected chi connectivity index (χ3v) is 3.57. The fraction of sp³-hybridized carbons (Fsp3) is 0.500. The number of Topliss-reactive ketones (excluding diaryl/α,β-unsaturated/α-hetero) is 1. The molecular formula is C14H18FNO2. The Kier molecular flexibility index (Phi) is 3.66. The number of carbonyl (C=O) groups is 1. The number of carbonyl (C=O) groups excluding carboxylic acids is 1. The van der Waals surface area contributed by atoms with E-state index in [1.54, 1.807) is 6.07 Å². The lowest BCUT2D eigenvalue weighted by Gasteiger charge is -2.32. The first-order valence-corrected chi connectivity index (χ1v) is 6.16. The average Bonchev–Trinajstić information content (AvgIpc) is 2.38. The molecule has 0 aliphatic carbocycles. The van der Waals surface area contributed by atoms with Gasteiger partial charge < -0.3 is 10.1 Å². The fourth-order valence-corrected chi connectivity index (χ4v) is 2.38. The van der Waals surface area contributed by atoms with Crippen molar-refractivity contribution >= 4 is 5.78 Å². The van der Waals surface area contributed by atoms with Crippen molar-refractivity contribution in [2.45, 2.75) is 19.8 Å². The molecule has 18 heavy (non-hydrogen) atoms. The number of nitrogens with one attached hydrogen (secondary N) is 1. The van der Waals surface area contributed by atoms with Crippen LogP contribution < -0.4 is 10.1 Å². The molecule has 0 spiro atoms. The van der Waals surface area contributed by atoms with E-state index in [4.69, 9.17) is 4.74 Å². The van der Waals surface area contributed by atoms with E-state index in [0.717, 1.165) is 19.4 Å². The Labute approximate surface area is 106 Å². The summed E-state index contributed by atoms with van der Waals surface area (Å²) in [6, 6.07) is 4.39. The summed E-state index contributed by atoms with van der Waals surface area (Å²) in [7, 11) is 1.47. The van der Waals surface area contributed by atoms with Crippen LogP contribution in [0, 0.1) is 11.2 Å². The van der Waals surface area contributed by atoms with Gasteiger partial charge in [-0.05, 0) is 31.5 Å². The predicted molar refractivity (Wildman–Crippen MR) is 67.5 cm³/mol. The molecule has 3 nitrogen and oxygen atoms in total. The molecule has 1 saturated heterocycles. The summed E-state index contributed by atoms with van der Waals surface area (Å²) in [5.74, 6) is -0.211. The monoisotopic (exact) mass is 251 g/mol. The molecule has 2 rings (SSSR count). The first kappa shape index (κ1) is 13.0. The van der Waals surface area contributed by atoms with Crippen molar-refractivity contribution < 1.29 is 13.9 Å². The van der Waals surface area contributed by atoms with Crippen LogP contribution in [0.4, 0.5) is 4.39 Å². The van der Waals surface area contributed by atoms with Gasteiger partial charge in [0.2, 0.25) is 0 Å². The van der Waals surface area contributed by atoms with Gasteiger partial charge in [-0.1, -0.05) is 6.92 Å². The minimum Gasteiger partial charge on any atom is -0.497 e. The number of halogens is 1. The Bertz CT molecular complexity index is 453. The van der Waals surface area contributed by atoms with Gasteiger partial charge >= 0.3 is 0 Å². The Morgan fingerprint density at radius 3 is 2.83 bits per heavy atom. The minimum atomic E-state index is -0.508. The molecule has 0 amide bonds. The van der Waals surface area contributed by atoms with Gasteiger partial charge in [0.25, 0.3) is 0 Å². The van der Waals surface area contributed by atoms with E-state index in [0.29, 0.717) is 12.3 Å². The van der Waals surface area contributed by atoms with E-state index >= 15 is 0 Å². The van der Waals surface area contributed by atoms with E-state index in [2.05, 4.69) is 5.32 Å². The van der Waals surface area contributed by atoms with Crippen molar-refractivity contribution in [1.82, 2.24) is 5.32 Å². The number of hydrogen-bond donors (Lipinski definition) is 1. The Hall–Kier alpha value is -1.42. The number of benzene rings is 1.